The number of carbonyl (C=O) groups excluding carboxylic acids is 1. The van der Waals surface area contributed by atoms with Crippen molar-refractivity contribution in [3.63, 3.8) is 0 Å². The molecular weight excluding hydrogens is 413 g/mol. The van der Waals surface area contributed by atoms with Crippen LogP contribution in [0.4, 0.5) is 0 Å². The second kappa shape index (κ2) is 10.6. The fraction of sp³-hybridized carbons (Fsp3) is 0.824. The van der Waals surface area contributed by atoms with E-state index < -0.39 is 39.7 Å². The van der Waals surface area contributed by atoms with Gasteiger partial charge in [-0.25, -0.2) is 4.79 Å². The second-order valence-corrected chi connectivity index (χ2v) is 26.6. The average molecular weight is 453 g/mol. The van der Waals surface area contributed by atoms with Crippen molar-refractivity contribution in [3.05, 3.63) is 12.2 Å². The summed E-state index contributed by atoms with van der Waals surface area (Å²) in [5.74, 6) is -0.440. The van der Waals surface area contributed by atoms with E-state index in [2.05, 4.69) is 70.2 Å². The Labute approximate surface area is 170 Å². The van der Waals surface area contributed by atoms with Gasteiger partial charge in [-0.2, -0.15) is 0 Å². The Hall–Kier alpha value is -0.0825. The lowest BCUT2D eigenvalue weighted by Gasteiger charge is -2.42. The molecule has 0 heterocycles. The number of hydrogen-bond donors (Lipinski definition) is 0. The number of hydrogen-bond acceptors (Lipinski definition) is 6. The topological polar surface area (TPSA) is 63.2 Å². The van der Waals surface area contributed by atoms with Crippen LogP contribution in [-0.4, -0.2) is 60.0 Å². The first-order chi connectivity index (χ1) is 12.0. The molecule has 0 unspecified atom stereocenters. The second-order valence-electron chi connectivity index (χ2n) is 9.58. The van der Waals surface area contributed by atoms with E-state index in [1.807, 2.05) is 0 Å². The average Bonchev–Trinajstić information content (AvgIpc) is 2.39. The lowest BCUT2D eigenvalue weighted by molar-refractivity contribution is -0.136. The van der Waals surface area contributed by atoms with Crippen molar-refractivity contribution in [3.8, 4) is 0 Å². The van der Waals surface area contributed by atoms with Gasteiger partial charge in [0.15, 0.2) is 25.0 Å². The summed E-state index contributed by atoms with van der Waals surface area (Å²) in [7, 11) is -7.06. The minimum atomic E-state index is -2.82. The molecule has 0 spiro atoms. The molecule has 0 radical (unpaired) electrons. The third kappa shape index (κ3) is 13.7. The van der Waals surface area contributed by atoms with Crippen molar-refractivity contribution in [2.45, 2.75) is 71.4 Å². The molecule has 0 atom stereocenters. The molecule has 0 aliphatic carbocycles. The molecule has 6 nitrogen and oxygen atoms in total. The van der Waals surface area contributed by atoms with Crippen LogP contribution >= 0.6 is 0 Å². The van der Waals surface area contributed by atoms with Crippen molar-refractivity contribution in [1.82, 2.24) is 0 Å². The van der Waals surface area contributed by atoms with Gasteiger partial charge in [0.1, 0.15) is 0 Å². The van der Waals surface area contributed by atoms with Crippen LogP contribution in [0.15, 0.2) is 12.2 Å². The van der Waals surface area contributed by atoms with Gasteiger partial charge >= 0.3 is 14.8 Å². The Morgan fingerprint density at radius 3 is 1.56 bits per heavy atom. The quantitative estimate of drug-likeness (QED) is 0.176. The van der Waals surface area contributed by atoms with E-state index in [0.29, 0.717) is 12.2 Å². The maximum atomic E-state index is 11.4. The van der Waals surface area contributed by atoms with E-state index >= 15 is 0 Å². The first-order valence-electron chi connectivity index (χ1n) is 9.43. The molecule has 0 saturated heterocycles. The predicted molar refractivity (Wildman–Crippen MR) is 120 cm³/mol. The van der Waals surface area contributed by atoms with Crippen LogP contribution < -0.4 is 0 Å². The highest BCUT2D eigenvalue weighted by molar-refractivity contribution is 6.90. The van der Waals surface area contributed by atoms with Gasteiger partial charge in [-0.15, -0.1) is 0 Å². The molecule has 27 heavy (non-hydrogen) atoms. The molecule has 0 saturated carbocycles. The van der Waals surface area contributed by atoms with Crippen LogP contribution in [0.5, 0.6) is 0 Å². The van der Waals surface area contributed by atoms with Crippen LogP contribution in [0.2, 0.25) is 65.0 Å². The number of esters is 1. The van der Waals surface area contributed by atoms with Crippen LogP contribution in [-0.2, 0) is 26.6 Å². The number of methoxy groups -OCH3 is 1. The zero-order valence-electron chi connectivity index (χ0n) is 19.0. The van der Waals surface area contributed by atoms with Gasteiger partial charge in [-0.05, 0) is 65.3 Å². The van der Waals surface area contributed by atoms with Crippen molar-refractivity contribution in [1.29, 1.82) is 0 Å². The summed E-state index contributed by atoms with van der Waals surface area (Å²) >= 11 is 0. The van der Waals surface area contributed by atoms with Crippen LogP contribution in [0.3, 0.4) is 0 Å². The zero-order valence-corrected chi connectivity index (χ0v) is 23.0. The smallest absolute Gasteiger partial charge is 0.466 e. The Morgan fingerprint density at radius 2 is 1.22 bits per heavy atom. The Bertz CT molecular complexity index is 450. The molecule has 0 bridgehead atoms. The molecule has 10 heteroatoms. The highest BCUT2D eigenvalue weighted by Crippen LogP contribution is 2.29. The number of ether oxygens (including phenoxy) is 2. The highest BCUT2D eigenvalue weighted by atomic mass is 28.5. The molecule has 160 valence electrons. The molecule has 0 aromatic carbocycles. The molecule has 0 aliphatic rings. The number of rotatable bonds is 13. The highest BCUT2D eigenvalue weighted by Gasteiger charge is 2.49. The zero-order chi connectivity index (χ0) is 21.5. The first-order valence-corrected chi connectivity index (χ1v) is 21.6. The fourth-order valence-electron chi connectivity index (χ4n) is 2.40. The normalized spacial score (nSPS) is 13.6. The van der Waals surface area contributed by atoms with E-state index in [9.17, 15) is 4.79 Å². The van der Waals surface area contributed by atoms with Gasteiger partial charge in [0.2, 0.25) is 0 Å². The first kappa shape index (κ1) is 26.9. The van der Waals surface area contributed by atoms with E-state index in [1.165, 1.54) is 7.11 Å². The summed E-state index contributed by atoms with van der Waals surface area (Å²) in [6.45, 7) is 23.9. The van der Waals surface area contributed by atoms with Crippen LogP contribution in [0, 0.1) is 0 Å². The van der Waals surface area contributed by atoms with E-state index in [1.54, 1.807) is 0 Å². The molecule has 0 amide bonds. The monoisotopic (exact) mass is 452 g/mol. The minimum absolute atomic E-state index is 0.167. The third-order valence-corrected chi connectivity index (χ3v) is 15.0. The van der Waals surface area contributed by atoms with Gasteiger partial charge in [0.25, 0.3) is 0 Å². The molecule has 0 aromatic rings. The van der Waals surface area contributed by atoms with Crippen molar-refractivity contribution >= 4 is 39.7 Å². The van der Waals surface area contributed by atoms with E-state index in [-0.39, 0.29) is 6.61 Å². The van der Waals surface area contributed by atoms with Crippen molar-refractivity contribution in [2.24, 2.45) is 0 Å². The molecule has 0 aromatic heterocycles. The summed E-state index contributed by atoms with van der Waals surface area (Å²) in [5.41, 5.74) is 0.316. The van der Waals surface area contributed by atoms with Gasteiger partial charge in [-0.3, -0.25) is 0 Å². The van der Waals surface area contributed by atoms with Crippen molar-refractivity contribution in [2.75, 3.05) is 20.3 Å². The summed E-state index contributed by atoms with van der Waals surface area (Å²) < 4.78 is 30.1. The predicted octanol–water partition coefficient (Wildman–Crippen LogP) is 4.62. The molecule has 0 rings (SSSR count). The van der Waals surface area contributed by atoms with Crippen LogP contribution in [0.25, 0.3) is 0 Å². The van der Waals surface area contributed by atoms with Crippen LogP contribution in [0.1, 0.15) is 6.42 Å². The molecular formula is C17H40O6Si4. The largest absolute Gasteiger partial charge is 0.469 e. The Balaban J connectivity index is 5.10. The van der Waals surface area contributed by atoms with Crippen molar-refractivity contribution < 1.29 is 26.6 Å². The molecule has 0 N–H and O–H groups in total. The maximum Gasteiger partial charge on any atom is 0.469 e. The van der Waals surface area contributed by atoms with E-state index in [0.717, 1.165) is 12.5 Å². The molecule has 0 aliphatic heterocycles. The van der Waals surface area contributed by atoms with E-state index in [4.69, 9.17) is 17.1 Å². The van der Waals surface area contributed by atoms with Gasteiger partial charge in [0.05, 0.1) is 19.3 Å². The minimum Gasteiger partial charge on any atom is -0.466 e. The Kier molecular flexibility index (Phi) is 10.6. The SMILES string of the molecule is C=C(COCCC[Si](O[Si](C)(C)C)(O[Si](C)(C)C)O[Si](C)(C)C)C(=O)OC. The fourth-order valence-corrected chi connectivity index (χ4v) is 17.0. The van der Waals surface area contributed by atoms with Gasteiger partial charge in [-0.1, -0.05) is 6.58 Å². The molecule has 0 fully saturated rings. The summed E-state index contributed by atoms with van der Waals surface area (Å²) in [6, 6.07) is 0.719. The lowest BCUT2D eigenvalue weighted by Crippen LogP contribution is -2.60. The van der Waals surface area contributed by atoms with Gasteiger partial charge < -0.3 is 21.8 Å². The third-order valence-electron chi connectivity index (χ3n) is 2.91. The van der Waals surface area contributed by atoms with Gasteiger partial charge in [0, 0.05) is 12.7 Å². The summed E-state index contributed by atoms with van der Waals surface area (Å²) in [5, 5.41) is 0. The standard InChI is InChI=1S/C17H40O6Si4/c1-16(17(18)19-2)15-20-13-12-14-27(21-24(3,4)5,22-25(6,7)8)23-26(9,10)11/h1,12-15H2,2-11H3. The summed E-state index contributed by atoms with van der Waals surface area (Å²) in [6.07, 6.45) is 0.750. The number of carbonyl (C=O) groups is 1. The maximum absolute atomic E-state index is 11.4. The Morgan fingerprint density at radius 1 is 0.815 bits per heavy atom. The lowest BCUT2D eigenvalue weighted by atomic mass is 10.3. The summed E-state index contributed by atoms with van der Waals surface area (Å²) in [4.78, 5) is 11.4.